The van der Waals surface area contributed by atoms with Gasteiger partial charge >= 0.3 is 0 Å². The first kappa shape index (κ1) is 15.3. The molecular weight excluding hydrogens is 300 g/mol. The van der Waals surface area contributed by atoms with E-state index in [0.717, 1.165) is 56.5 Å². The van der Waals surface area contributed by atoms with Crippen molar-refractivity contribution in [3.05, 3.63) is 41.1 Å². The Morgan fingerprint density at radius 3 is 2.68 bits per heavy atom. The molecule has 2 heterocycles. The molecule has 1 aliphatic heterocycles. The van der Waals surface area contributed by atoms with E-state index in [1.54, 1.807) is 0 Å². The lowest BCUT2D eigenvalue weighted by Gasteiger charge is -2.36. The number of hydrogen-bond acceptors (Lipinski definition) is 5. The van der Waals surface area contributed by atoms with Crippen LogP contribution in [0.3, 0.4) is 0 Å². The number of anilines is 1. The molecule has 0 unspecified atom stereocenters. The van der Waals surface area contributed by atoms with Crippen LogP contribution in [0.15, 0.2) is 28.7 Å². The van der Waals surface area contributed by atoms with E-state index in [4.69, 9.17) is 16.0 Å². The van der Waals surface area contributed by atoms with Crippen LogP contribution in [-0.4, -0.2) is 47.8 Å². The van der Waals surface area contributed by atoms with Crippen molar-refractivity contribution in [3.63, 3.8) is 0 Å². The molecule has 0 bridgehead atoms. The molecule has 118 valence electrons. The highest BCUT2D eigenvalue weighted by Crippen LogP contribution is 2.20. The lowest BCUT2D eigenvalue weighted by Crippen LogP contribution is -2.46. The van der Waals surface area contributed by atoms with Crippen molar-refractivity contribution < 1.29 is 4.42 Å². The molecule has 0 spiro atoms. The predicted molar refractivity (Wildman–Crippen MR) is 87.5 cm³/mol. The second-order valence-corrected chi connectivity index (χ2v) is 6.06. The average molecular weight is 321 g/mol. The number of nitrogens with zero attached hydrogens (tertiary/aromatic N) is 4. The summed E-state index contributed by atoms with van der Waals surface area (Å²) in [5.74, 6) is 1.39. The first-order valence-corrected chi connectivity index (χ1v) is 8.10. The van der Waals surface area contributed by atoms with Gasteiger partial charge in [-0.1, -0.05) is 17.7 Å². The first-order chi connectivity index (χ1) is 10.7. The molecule has 1 aliphatic rings. The smallest absolute Gasteiger partial charge is 0.216 e. The van der Waals surface area contributed by atoms with Crippen LogP contribution in [0, 0.1) is 6.92 Å². The van der Waals surface area contributed by atoms with Crippen LogP contribution in [0.5, 0.6) is 0 Å². The van der Waals surface area contributed by atoms with Crippen molar-refractivity contribution in [1.82, 2.24) is 15.1 Å². The number of rotatable bonds is 5. The Morgan fingerprint density at radius 2 is 2.00 bits per heavy atom. The second kappa shape index (κ2) is 7.11. The maximum absolute atomic E-state index is 6.06. The highest BCUT2D eigenvalue weighted by molar-refractivity contribution is 6.30. The Kier molecular flexibility index (Phi) is 4.95. The Bertz CT molecular complexity index is 608. The van der Waals surface area contributed by atoms with E-state index >= 15 is 0 Å². The third-order valence-corrected chi connectivity index (χ3v) is 4.21. The van der Waals surface area contributed by atoms with Gasteiger partial charge in [-0.3, -0.25) is 4.90 Å². The number of piperazine rings is 1. The summed E-state index contributed by atoms with van der Waals surface area (Å²) in [4.78, 5) is 4.88. The number of aromatic nitrogens is 2. The van der Waals surface area contributed by atoms with Gasteiger partial charge in [0.05, 0.1) is 0 Å². The summed E-state index contributed by atoms with van der Waals surface area (Å²) in [6, 6.07) is 8.09. The van der Waals surface area contributed by atoms with Crippen molar-refractivity contribution in [1.29, 1.82) is 0 Å². The molecule has 0 atom stereocenters. The van der Waals surface area contributed by atoms with Gasteiger partial charge in [-0.25, -0.2) is 0 Å². The fourth-order valence-electron chi connectivity index (χ4n) is 2.79. The summed E-state index contributed by atoms with van der Waals surface area (Å²) in [6.07, 6.45) is 1.91. The van der Waals surface area contributed by atoms with E-state index in [2.05, 4.69) is 26.1 Å². The van der Waals surface area contributed by atoms with Gasteiger partial charge in [0.1, 0.15) is 0 Å². The topological polar surface area (TPSA) is 45.4 Å². The standard InChI is InChI=1S/C16H21ClN4O/c1-13-18-19-16(22-13)6-3-7-20-8-10-21(11-9-20)15-5-2-4-14(17)12-15/h2,4-5,12H,3,6-11H2,1H3. The molecule has 1 saturated heterocycles. The van der Waals surface area contributed by atoms with Gasteiger partial charge in [-0.05, 0) is 31.2 Å². The quantitative estimate of drug-likeness (QED) is 0.847. The van der Waals surface area contributed by atoms with Crippen LogP contribution in [0.4, 0.5) is 5.69 Å². The van der Waals surface area contributed by atoms with Crippen LogP contribution >= 0.6 is 11.6 Å². The number of benzene rings is 1. The lowest BCUT2D eigenvalue weighted by atomic mass is 10.2. The lowest BCUT2D eigenvalue weighted by molar-refractivity contribution is 0.252. The molecule has 0 amide bonds. The number of aryl methyl sites for hydroxylation is 2. The minimum atomic E-state index is 0.644. The van der Waals surface area contributed by atoms with Crippen LogP contribution in [-0.2, 0) is 6.42 Å². The van der Waals surface area contributed by atoms with Crippen LogP contribution in [0.2, 0.25) is 5.02 Å². The zero-order valence-corrected chi connectivity index (χ0v) is 13.6. The number of halogens is 1. The van der Waals surface area contributed by atoms with Crippen molar-refractivity contribution >= 4 is 17.3 Å². The zero-order chi connectivity index (χ0) is 15.4. The third kappa shape index (κ3) is 3.99. The van der Waals surface area contributed by atoms with Gasteiger partial charge in [0, 0.05) is 50.2 Å². The maximum atomic E-state index is 6.06. The minimum Gasteiger partial charge on any atom is -0.426 e. The van der Waals surface area contributed by atoms with Gasteiger partial charge < -0.3 is 9.32 Å². The second-order valence-electron chi connectivity index (χ2n) is 5.63. The Balaban J connectivity index is 1.42. The summed E-state index contributed by atoms with van der Waals surface area (Å²) >= 11 is 6.06. The monoisotopic (exact) mass is 320 g/mol. The third-order valence-electron chi connectivity index (χ3n) is 3.98. The average Bonchev–Trinajstić information content (AvgIpc) is 2.93. The summed E-state index contributed by atoms with van der Waals surface area (Å²) < 4.78 is 5.40. The van der Waals surface area contributed by atoms with E-state index in [-0.39, 0.29) is 0 Å². The zero-order valence-electron chi connectivity index (χ0n) is 12.8. The van der Waals surface area contributed by atoms with Gasteiger partial charge in [0.25, 0.3) is 0 Å². The van der Waals surface area contributed by atoms with E-state index < -0.39 is 0 Å². The molecule has 0 N–H and O–H groups in total. The summed E-state index contributed by atoms with van der Waals surface area (Å²) in [5.41, 5.74) is 1.22. The Hall–Kier alpha value is -1.59. The van der Waals surface area contributed by atoms with Gasteiger partial charge in [-0.2, -0.15) is 0 Å². The van der Waals surface area contributed by atoms with E-state index in [1.807, 2.05) is 25.1 Å². The van der Waals surface area contributed by atoms with E-state index in [9.17, 15) is 0 Å². The molecule has 0 saturated carbocycles. The molecule has 1 aromatic carbocycles. The van der Waals surface area contributed by atoms with Gasteiger partial charge in [0.15, 0.2) is 0 Å². The highest BCUT2D eigenvalue weighted by atomic mass is 35.5. The fourth-order valence-corrected chi connectivity index (χ4v) is 2.98. The van der Waals surface area contributed by atoms with Crippen molar-refractivity contribution in [2.75, 3.05) is 37.6 Å². The van der Waals surface area contributed by atoms with Crippen LogP contribution < -0.4 is 4.90 Å². The molecular formula is C16H21ClN4O. The Labute approximate surface area is 135 Å². The fraction of sp³-hybridized carbons (Fsp3) is 0.500. The van der Waals surface area contributed by atoms with Gasteiger partial charge in [-0.15, -0.1) is 10.2 Å². The molecule has 1 aromatic heterocycles. The molecule has 1 fully saturated rings. The highest BCUT2D eigenvalue weighted by Gasteiger charge is 2.17. The normalized spacial score (nSPS) is 16.2. The van der Waals surface area contributed by atoms with Crippen molar-refractivity contribution in [2.24, 2.45) is 0 Å². The molecule has 6 heteroatoms. The maximum Gasteiger partial charge on any atom is 0.216 e. The SMILES string of the molecule is Cc1nnc(CCCN2CCN(c3cccc(Cl)c3)CC2)o1. The molecule has 2 aromatic rings. The number of hydrogen-bond donors (Lipinski definition) is 0. The summed E-state index contributed by atoms with van der Waals surface area (Å²) in [5, 5.41) is 8.69. The minimum absolute atomic E-state index is 0.644. The molecule has 3 rings (SSSR count). The predicted octanol–water partition coefficient (Wildman–Crippen LogP) is 2.79. The summed E-state index contributed by atoms with van der Waals surface area (Å²) in [7, 11) is 0. The van der Waals surface area contributed by atoms with Crippen LogP contribution in [0.25, 0.3) is 0 Å². The molecule has 0 radical (unpaired) electrons. The van der Waals surface area contributed by atoms with Crippen molar-refractivity contribution in [3.8, 4) is 0 Å². The Morgan fingerprint density at radius 1 is 1.18 bits per heavy atom. The van der Waals surface area contributed by atoms with Crippen molar-refractivity contribution in [2.45, 2.75) is 19.8 Å². The van der Waals surface area contributed by atoms with E-state index in [1.165, 1.54) is 5.69 Å². The molecule has 5 nitrogen and oxygen atoms in total. The largest absolute Gasteiger partial charge is 0.426 e. The van der Waals surface area contributed by atoms with E-state index in [0.29, 0.717) is 5.89 Å². The molecule has 0 aliphatic carbocycles. The van der Waals surface area contributed by atoms with Crippen LogP contribution in [0.1, 0.15) is 18.2 Å². The summed E-state index contributed by atoms with van der Waals surface area (Å²) in [6.45, 7) is 7.14. The van der Waals surface area contributed by atoms with Gasteiger partial charge in [0.2, 0.25) is 11.8 Å². The molecule has 22 heavy (non-hydrogen) atoms. The first-order valence-electron chi connectivity index (χ1n) is 7.72.